The van der Waals surface area contributed by atoms with Gasteiger partial charge in [0.15, 0.2) is 0 Å². The lowest BCUT2D eigenvalue weighted by Crippen LogP contribution is -2.33. The van der Waals surface area contributed by atoms with Crippen LogP contribution in [-0.4, -0.2) is 23.6 Å². The molecule has 4 heteroatoms. The van der Waals surface area contributed by atoms with Crippen molar-refractivity contribution in [3.05, 3.63) is 24.3 Å². The highest BCUT2D eigenvalue weighted by Crippen LogP contribution is 2.31. The minimum Gasteiger partial charge on any atom is -0.479 e. The maximum atomic E-state index is 6.02. The van der Waals surface area contributed by atoms with Gasteiger partial charge in [0.2, 0.25) is 5.06 Å². The maximum absolute atomic E-state index is 6.02. The second-order valence-corrected chi connectivity index (χ2v) is 4.79. The van der Waals surface area contributed by atoms with Gasteiger partial charge in [0.05, 0.1) is 10.9 Å². The summed E-state index contributed by atoms with van der Waals surface area (Å²) >= 11 is 1.46. The molecular formula is C12H14N2OS. The maximum Gasteiger partial charge on any atom is 0.201 e. The van der Waals surface area contributed by atoms with Gasteiger partial charge in [-0.05, 0) is 38.1 Å². The lowest BCUT2D eigenvalue weighted by atomic mass is 10.1. The van der Waals surface area contributed by atoms with E-state index in [2.05, 4.69) is 15.8 Å². The molecule has 1 aliphatic rings. The fourth-order valence-electron chi connectivity index (χ4n) is 2.02. The molecule has 0 aliphatic carbocycles. The molecule has 2 aromatic rings. The summed E-state index contributed by atoms with van der Waals surface area (Å²) in [6, 6.07) is 8.15. The third-order valence-electron chi connectivity index (χ3n) is 2.91. The van der Waals surface area contributed by atoms with Crippen molar-refractivity contribution in [3.63, 3.8) is 0 Å². The van der Waals surface area contributed by atoms with Crippen molar-refractivity contribution >= 4 is 22.4 Å². The van der Waals surface area contributed by atoms with Crippen LogP contribution < -0.4 is 10.1 Å². The Hall–Kier alpha value is -1.13. The van der Waals surface area contributed by atoms with E-state index in [4.69, 9.17) is 4.74 Å². The molecule has 1 aliphatic heterocycles. The molecule has 0 bridgehead atoms. The number of nitrogens with zero attached hydrogens (tertiary/aromatic N) is 1. The largest absolute Gasteiger partial charge is 0.479 e. The molecule has 1 aromatic carbocycles. The average Bonchev–Trinajstić information content (AvgIpc) is 2.74. The molecule has 3 nitrogen and oxygen atoms in total. The molecule has 0 saturated carbocycles. The molecule has 1 saturated heterocycles. The zero-order chi connectivity index (χ0) is 10.8. The minimum atomic E-state index is 0.352. The van der Waals surface area contributed by atoms with Crippen molar-refractivity contribution in [2.45, 2.75) is 18.9 Å². The number of hydrogen-bond acceptors (Lipinski definition) is 4. The van der Waals surface area contributed by atoms with Crippen LogP contribution in [0, 0.1) is 0 Å². The van der Waals surface area contributed by atoms with E-state index in [0.29, 0.717) is 6.10 Å². The molecule has 0 spiro atoms. The SMILES string of the molecule is c1ccc2c(OC3CCNCC3)snc2c1. The molecule has 0 unspecified atom stereocenters. The second kappa shape index (κ2) is 4.39. The van der Waals surface area contributed by atoms with Crippen molar-refractivity contribution in [2.24, 2.45) is 0 Å². The van der Waals surface area contributed by atoms with Gasteiger partial charge < -0.3 is 10.1 Å². The molecule has 1 fully saturated rings. The predicted molar refractivity (Wildman–Crippen MR) is 66.1 cm³/mol. The normalized spacial score (nSPS) is 17.8. The first-order chi connectivity index (χ1) is 7.93. The molecule has 2 heterocycles. The van der Waals surface area contributed by atoms with Crippen LogP contribution in [0.3, 0.4) is 0 Å². The molecule has 0 atom stereocenters. The lowest BCUT2D eigenvalue weighted by Gasteiger charge is -2.22. The van der Waals surface area contributed by atoms with Gasteiger partial charge in [-0.2, -0.15) is 4.37 Å². The Morgan fingerprint density at radius 2 is 2.06 bits per heavy atom. The lowest BCUT2D eigenvalue weighted by molar-refractivity contribution is 0.169. The fourth-order valence-corrected chi connectivity index (χ4v) is 2.81. The summed E-state index contributed by atoms with van der Waals surface area (Å²) in [6.07, 6.45) is 2.53. The molecule has 0 amide bonds. The molecule has 1 aromatic heterocycles. The smallest absolute Gasteiger partial charge is 0.201 e. The van der Waals surface area contributed by atoms with Crippen molar-refractivity contribution < 1.29 is 4.74 Å². The van der Waals surface area contributed by atoms with E-state index in [9.17, 15) is 0 Å². The molecule has 0 radical (unpaired) electrons. The molecule has 84 valence electrons. The standard InChI is InChI=1S/C12H14N2OS/c1-2-4-11-10(3-1)12(16-14-11)15-9-5-7-13-8-6-9/h1-4,9,13H,5-8H2. The van der Waals surface area contributed by atoms with Gasteiger partial charge in [0, 0.05) is 11.5 Å². The summed E-state index contributed by atoms with van der Waals surface area (Å²) in [5, 5.41) is 5.46. The van der Waals surface area contributed by atoms with Gasteiger partial charge in [0.1, 0.15) is 6.10 Å². The Kier molecular flexibility index (Phi) is 2.76. The van der Waals surface area contributed by atoms with E-state index in [1.54, 1.807) is 0 Å². The highest BCUT2D eigenvalue weighted by Gasteiger charge is 2.16. The average molecular weight is 234 g/mol. The predicted octanol–water partition coefficient (Wildman–Crippen LogP) is 2.43. The van der Waals surface area contributed by atoms with E-state index in [1.165, 1.54) is 11.5 Å². The number of fused-ring (bicyclic) bond motifs is 1. The van der Waals surface area contributed by atoms with Crippen molar-refractivity contribution in [2.75, 3.05) is 13.1 Å². The van der Waals surface area contributed by atoms with Crippen LogP contribution in [0.25, 0.3) is 10.9 Å². The Labute approximate surface area is 98.6 Å². The number of aromatic nitrogens is 1. The van der Waals surface area contributed by atoms with Gasteiger partial charge >= 0.3 is 0 Å². The number of benzene rings is 1. The second-order valence-electron chi connectivity index (χ2n) is 4.05. The van der Waals surface area contributed by atoms with E-state index < -0.39 is 0 Å². The fraction of sp³-hybridized carbons (Fsp3) is 0.417. The van der Waals surface area contributed by atoms with Crippen LogP contribution in [-0.2, 0) is 0 Å². The minimum absolute atomic E-state index is 0.352. The summed E-state index contributed by atoms with van der Waals surface area (Å²) in [5.74, 6) is 0. The van der Waals surface area contributed by atoms with Crippen LogP contribution in [0.15, 0.2) is 24.3 Å². The van der Waals surface area contributed by atoms with E-state index in [-0.39, 0.29) is 0 Å². The van der Waals surface area contributed by atoms with Crippen molar-refractivity contribution in [1.82, 2.24) is 9.69 Å². The Morgan fingerprint density at radius 1 is 1.25 bits per heavy atom. The molecule has 16 heavy (non-hydrogen) atoms. The number of ether oxygens (including phenoxy) is 1. The summed E-state index contributed by atoms with van der Waals surface area (Å²) in [7, 11) is 0. The van der Waals surface area contributed by atoms with Crippen LogP contribution >= 0.6 is 11.5 Å². The van der Waals surface area contributed by atoms with Gasteiger partial charge in [-0.25, -0.2) is 0 Å². The van der Waals surface area contributed by atoms with Crippen molar-refractivity contribution in [1.29, 1.82) is 0 Å². The van der Waals surface area contributed by atoms with Gasteiger partial charge in [-0.3, -0.25) is 0 Å². The number of hydrogen-bond donors (Lipinski definition) is 1. The third-order valence-corrected chi connectivity index (χ3v) is 3.68. The number of piperidine rings is 1. The van der Waals surface area contributed by atoms with E-state index >= 15 is 0 Å². The topological polar surface area (TPSA) is 34.1 Å². The highest BCUT2D eigenvalue weighted by molar-refractivity contribution is 7.09. The molecular weight excluding hydrogens is 220 g/mol. The molecule has 1 N–H and O–H groups in total. The highest BCUT2D eigenvalue weighted by atomic mass is 32.1. The number of nitrogens with one attached hydrogen (secondary N) is 1. The van der Waals surface area contributed by atoms with Crippen LogP contribution in [0.4, 0.5) is 0 Å². The summed E-state index contributed by atoms with van der Waals surface area (Å²) in [6.45, 7) is 2.11. The Morgan fingerprint density at radius 3 is 2.94 bits per heavy atom. The summed E-state index contributed by atoms with van der Waals surface area (Å²) in [5.41, 5.74) is 1.04. The van der Waals surface area contributed by atoms with Gasteiger partial charge in [-0.1, -0.05) is 12.1 Å². The van der Waals surface area contributed by atoms with Gasteiger partial charge in [-0.15, -0.1) is 0 Å². The summed E-state index contributed by atoms with van der Waals surface area (Å²) < 4.78 is 10.4. The molecule has 3 rings (SSSR count). The van der Waals surface area contributed by atoms with Gasteiger partial charge in [0.25, 0.3) is 0 Å². The van der Waals surface area contributed by atoms with Crippen LogP contribution in [0.1, 0.15) is 12.8 Å². The monoisotopic (exact) mass is 234 g/mol. The van der Waals surface area contributed by atoms with E-state index in [0.717, 1.165) is 41.9 Å². The van der Waals surface area contributed by atoms with Crippen molar-refractivity contribution in [3.8, 4) is 5.06 Å². The van der Waals surface area contributed by atoms with E-state index in [1.807, 2.05) is 18.2 Å². The Balaban J connectivity index is 1.83. The van der Waals surface area contributed by atoms with Crippen LogP contribution in [0.5, 0.6) is 5.06 Å². The zero-order valence-electron chi connectivity index (χ0n) is 8.98. The first kappa shape index (κ1) is 10.1. The summed E-state index contributed by atoms with van der Waals surface area (Å²) in [4.78, 5) is 0. The van der Waals surface area contributed by atoms with Crippen LogP contribution in [0.2, 0.25) is 0 Å². The Bertz CT molecular complexity index is 477. The number of rotatable bonds is 2. The third kappa shape index (κ3) is 1.90. The zero-order valence-corrected chi connectivity index (χ0v) is 9.80. The first-order valence-corrected chi connectivity index (χ1v) is 6.42. The first-order valence-electron chi connectivity index (χ1n) is 5.65. The quantitative estimate of drug-likeness (QED) is 0.866.